The Labute approximate surface area is 138 Å². The number of aromatic amines is 1. The van der Waals surface area contributed by atoms with E-state index < -0.39 is 44.0 Å². The number of benzene rings is 1. The predicted octanol–water partition coefficient (Wildman–Crippen LogP) is 2.32. The van der Waals surface area contributed by atoms with E-state index in [1.165, 1.54) is 0 Å². The molecule has 2 aromatic rings. The molecule has 130 valence electrons. The Bertz CT molecular complexity index is 786. The molecule has 0 aliphatic heterocycles. The summed E-state index contributed by atoms with van der Waals surface area (Å²) in [5, 5.41) is 20.8. The van der Waals surface area contributed by atoms with Gasteiger partial charge in [-0.3, -0.25) is 14.2 Å². The molecule has 0 amide bonds. The fourth-order valence-electron chi connectivity index (χ4n) is 2.59. The van der Waals surface area contributed by atoms with Crippen LogP contribution in [-0.4, -0.2) is 38.1 Å². The molecule has 2 atom stereocenters. The molecule has 0 saturated heterocycles. The third-order valence-electron chi connectivity index (χ3n) is 3.81. The Morgan fingerprint density at radius 2 is 1.79 bits per heavy atom. The molecule has 2 rings (SSSR count). The summed E-state index contributed by atoms with van der Waals surface area (Å²) in [5.41, 5.74) is 0.582. The first-order valence-corrected chi connectivity index (χ1v) is 9.03. The molecule has 0 radical (unpaired) electrons. The van der Waals surface area contributed by atoms with Gasteiger partial charge in [-0.2, -0.15) is 0 Å². The van der Waals surface area contributed by atoms with E-state index in [0.717, 1.165) is 10.9 Å². The van der Waals surface area contributed by atoms with E-state index in [1.54, 1.807) is 19.2 Å². The van der Waals surface area contributed by atoms with Crippen molar-refractivity contribution in [3.63, 3.8) is 0 Å². The van der Waals surface area contributed by atoms with Gasteiger partial charge in [0.25, 0.3) is 7.52 Å². The standard InChI is InChI=1S/C15H19N2O6P/c1-9(12-8-16-13-5-3-2-4-11(12)13)24(22,23)17-10(6-14(18)19)7-15(20)21/h2-5,8-10,16H,6-7H2,1H3,(H,18,19)(H,20,21)(H2,17,22,23). The van der Waals surface area contributed by atoms with Gasteiger partial charge < -0.3 is 20.1 Å². The number of carbonyl (C=O) groups is 2. The number of aliphatic carboxylic acids is 2. The molecule has 24 heavy (non-hydrogen) atoms. The van der Waals surface area contributed by atoms with E-state index in [0.29, 0.717) is 5.56 Å². The van der Waals surface area contributed by atoms with Gasteiger partial charge >= 0.3 is 11.9 Å². The normalized spacial score (nSPS) is 15.3. The van der Waals surface area contributed by atoms with Crippen molar-refractivity contribution in [1.82, 2.24) is 10.1 Å². The van der Waals surface area contributed by atoms with E-state index >= 15 is 0 Å². The van der Waals surface area contributed by atoms with Crippen molar-refractivity contribution in [1.29, 1.82) is 0 Å². The fourth-order valence-corrected chi connectivity index (χ4v) is 4.11. The van der Waals surface area contributed by atoms with Gasteiger partial charge in [-0.25, -0.2) is 5.09 Å². The average molecular weight is 354 g/mol. The molecule has 0 aliphatic rings. The molecule has 1 aromatic carbocycles. The van der Waals surface area contributed by atoms with Crippen LogP contribution in [-0.2, 0) is 14.2 Å². The number of carboxylic acid groups (broad SMARTS) is 2. The number of hydrogen-bond donors (Lipinski definition) is 5. The lowest BCUT2D eigenvalue weighted by Crippen LogP contribution is -2.32. The predicted molar refractivity (Wildman–Crippen MR) is 88.0 cm³/mol. The quantitative estimate of drug-likeness (QED) is 0.458. The van der Waals surface area contributed by atoms with Crippen LogP contribution >= 0.6 is 7.52 Å². The van der Waals surface area contributed by atoms with Crippen LogP contribution in [0, 0.1) is 0 Å². The van der Waals surface area contributed by atoms with Crippen molar-refractivity contribution < 1.29 is 29.3 Å². The number of carboxylic acids is 2. The fraction of sp³-hybridized carbons (Fsp3) is 0.333. The largest absolute Gasteiger partial charge is 0.481 e. The monoisotopic (exact) mass is 354 g/mol. The lowest BCUT2D eigenvalue weighted by molar-refractivity contribution is -0.139. The molecular weight excluding hydrogens is 335 g/mol. The van der Waals surface area contributed by atoms with Crippen LogP contribution in [0.25, 0.3) is 10.9 Å². The SMILES string of the molecule is CC(c1c[nH]c2ccccc12)P(=O)(O)NC(CC(=O)O)CC(=O)O. The molecule has 0 spiro atoms. The summed E-state index contributed by atoms with van der Waals surface area (Å²) >= 11 is 0. The summed E-state index contributed by atoms with van der Waals surface area (Å²) in [6, 6.07) is 6.14. The van der Waals surface area contributed by atoms with Crippen molar-refractivity contribution in [3.8, 4) is 0 Å². The van der Waals surface area contributed by atoms with Crippen LogP contribution in [0.4, 0.5) is 0 Å². The van der Waals surface area contributed by atoms with Crippen molar-refractivity contribution >= 4 is 30.4 Å². The molecule has 8 nitrogen and oxygen atoms in total. The second-order valence-electron chi connectivity index (χ2n) is 5.61. The number of H-pyrrole nitrogens is 1. The van der Waals surface area contributed by atoms with Crippen LogP contribution < -0.4 is 5.09 Å². The first kappa shape index (κ1) is 18.2. The first-order valence-electron chi connectivity index (χ1n) is 7.30. The number of hydrogen-bond acceptors (Lipinski definition) is 3. The molecule has 9 heteroatoms. The van der Waals surface area contributed by atoms with Gasteiger partial charge in [-0.1, -0.05) is 18.2 Å². The summed E-state index contributed by atoms with van der Waals surface area (Å²) in [7, 11) is -4.04. The van der Waals surface area contributed by atoms with Crippen molar-refractivity contribution in [2.75, 3.05) is 0 Å². The van der Waals surface area contributed by atoms with Crippen molar-refractivity contribution in [2.24, 2.45) is 0 Å². The third kappa shape index (κ3) is 4.23. The van der Waals surface area contributed by atoms with Crippen LogP contribution in [0.5, 0.6) is 0 Å². The van der Waals surface area contributed by atoms with E-state index in [-0.39, 0.29) is 0 Å². The van der Waals surface area contributed by atoms with Gasteiger partial charge in [0.05, 0.1) is 18.5 Å². The van der Waals surface area contributed by atoms with Gasteiger partial charge in [0.1, 0.15) is 0 Å². The molecule has 5 N–H and O–H groups in total. The lowest BCUT2D eigenvalue weighted by Gasteiger charge is -2.24. The van der Waals surface area contributed by atoms with E-state index in [9.17, 15) is 19.0 Å². The van der Waals surface area contributed by atoms with Gasteiger partial charge in [0, 0.05) is 23.1 Å². The topological polar surface area (TPSA) is 140 Å². The zero-order valence-corrected chi connectivity index (χ0v) is 13.9. The number of fused-ring (bicyclic) bond motifs is 1. The number of nitrogens with one attached hydrogen (secondary N) is 2. The Hall–Kier alpha value is -2.15. The van der Waals surface area contributed by atoms with Gasteiger partial charge in [0.15, 0.2) is 0 Å². The second-order valence-corrected chi connectivity index (χ2v) is 7.89. The minimum Gasteiger partial charge on any atom is -0.481 e. The maximum absolute atomic E-state index is 12.7. The third-order valence-corrected chi connectivity index (χ3v) is 5.87. The number of rotatable bonds is 8. The Kier molecular flexibility index (Phi) is 5.43. The number of para-hydroxylation sites is 1. The maximum atomic E-state index is 12.7. The zero-order valence-electron chi connectivity index (χ0n) is 13.0. The highest BCUT2D eigenvalue weighted by Crippen LogP contribution is 2.53. The average Bonchev–Trinajstić information content (AvgIpc) is 2.88. The highest BCUT2D eigenvalue weighted by molar-refractivity contribution is 7.56. The number of aromatic nitrogens is 1. The summed E-state index contributed by atoms with van der Waals surface area (Å²) in [5.74, 6) is -2.48. The molecule has 0 aliphatic carbocycles. The van der Waals surface area contributed by atoms with E-state index in [4.69, 9.17) is 10.2 Å². The Morgan fingerprint density at radius 1 is 1.21 bits per heavy atom. The lowest BCUT2D eigenvalue weighted by atomic mass is 10.1. The Morgan fingerprint density at radius 3 is 2.38 bits per heavy atom. The highest BCUT2D eigenvalue weighted by Gasteiger charge is 2.34. The van der Waals surface area contributed by atoms with Gasteiger partial charge in [-0.15, -0.1) is 0 Å². The van der Waals surface area contributed by atoms with Crippen LogP contribution in [0.3, 0.4) is 0 Å². The van der Waals surface area contributed by atoms with Crippen molar-refractivity contribution in [2.45, 2.75) is 31.5 Å². The van der Waals surface area contributed by atoms with E-state index in [2.05, 4.69) is 10.1 Å². The molecule has 2 unspecified atom stereocenters. The second kappa shape index (κ2) is 7.17. The molecule has 0 saturated carbocycles. The summed E-state index contributed by atoms with van der Waals surface area (Å²) in [4.78, 5) is 35.0. The highest BCUT2D eigenvalue weighted by atomic mass is 31.2. The summed E-state index contributed by atoms with van der Waals surface area (Å²) < 4.78 is 12.7. The minimum absolute atomic E-state index is 0.558. The van der Waals surface area contributed by atoms with Crippen LogP contribution in [0.15, 0.2) is 30.5 Å². The smallest absolute Gasteiger partial charge is 0.304 e. The molecule has 1 heterocycles. The molecule has 0 fully saturated rings. The Balaban J connectivity index is 2.25. The molecular formula is C15H19N2O6P. The van der Waals surface area contributed by atoms with Crippen LogP contribution in [0.1, 0.15) is 31.0 Å². The van der Waals surface area contributed by atoms with Gasteiger partial charge in [-0.05, 0) is 18.6 Å². The maximum Gasteiger partial charge on any atom is 0.304 e. The molecule has 0 bridgehead atoms. The minimum atomic E-state index is -4.04. The van der Waals surface area contributed by atoms with Crippen molar-refractivity contribution in [3.05, 3.63) is 36.0 Å². The van der Waals surface area contributed by atoms with E-state index in [1.807, 2.05) is 18.2 Å². The summed E-state index contributed by atoms with van der Waals surface area (Å²) in [6.45, 7) is 1.54. The van der Waals surface area contributed by atoms with Gasteiger partial charge in [0.2, 0.25) is 0 Å². The molecule has 1 aromatic heterocycles. The zero-order chi connectivity index (χ0) is 17.9. The van der Waals surface area contributed by atoms with Crippen LogP contribution in [0.2, 0.25) is 0 Å². The summed E-state index contributed by atoms with van der Waals surface area (Å²) in [6.07, 6.45) is 0.512. The first-order chi connectivity index (χ1) is 11.2.